The van der Waals surface area contributed by atoms with Gasteiger partial charge in [0.15, 0.2) is 0 Å². The summed E-state index contributed by atoms with van der Waals surface area (Å²) in [4.78, 5) is 31.1. The maximum atomic E-state index is 12.9. The van der Waals surface area contributed by atoms with Crippen molar-refractivity contribution in [1.82, 2.24) is 20.5 Å². The van der Waals surface area contributed by atoms with Gasteiger partial charge in [0.25, 0.3) is 26.1 Å². The molecule has 0 spiro atoms. The minimum absolute atomic E-state index is 0.0791. The number of carbonyl (C=O) groups is 2. The third-order valence-corrected chi connectivity index (χ3v) is 7.23. The molecule has 2 aliphatic rings. The van der Waals surface area contributed by atoms with E-state index in [0.29, 0.717) is 43.8 Å². The lowest BCUT2D eigenvalue weighted by molar-refractivity contribution is -0.137. The first-order chi connectivity index (χ1) is 21.6. The Morgan fingerprint density at radius 2 is 1.64 bits per heavy atom. The number of pyridine rings is 1. The largest absolute Gasteiger partial charge is 0.481 e. The first kappa shape index (κ1) is 39.8. The third kappa shape index (κ3) is 14.9. The van der Waals surface area contributed by atoms with Crippen molar-refractivity contribution in [2.24, 2.45) is 0 Å². The van der Waals surface area contributed by atoms with Crippen molar-refractivity contribution in [2.45, 2.75) is 56.0 Å². The number of hydrogen-bond donors (Lipinski definition) is 5. The molecule has 14 nitrogen and oxygen atoms in total. The molecule has 2 fully saturated rings. The van der Waals surface area contributed by atoms with E-state index in [1.54, 1.807) is 19.4 Å². The summed E-state index contributed by atoms with van der Waals surface area (Å²) >= 11 is 0. The van der Waals surface area contributed by atoms with Gasteiger partial charge >= 0.3 is 6.18 Å². The maximum Gasteiger partial charge on any atom is 0.416 e. The summed E-state index contributed by atoms with van der Waals surface area (Å²) in [6.45, 7) is 1.16. The number of aliphatic hydroxyl groups is 1. The number of carbonyl (C=O) groups excluding carboxylic acids is 2. The topological polar surface area (TPSA) is 213 Å². The number of amides is 2. The minimum Gasteiger partial charge on any atom is -0.481 e. The Morgan fingerprint density at radius 3 is 2.15 bits per heavy atom. The van der Waals surface area contributed by atoms with Crippen LogP contribution < -0.4 is 15.4 Å². The lowest BCUT2D eigenvalue weighted by Gasteiger charge is -2.39. The highest BCUT2D eigenvalue weighted by Gasteiger charge is 2.39. The third-order valence-electron chi connectivity index (χ3n) is 7.23. The number of nitrogens with one attached hydrogen (secondary N) is 2. The lowest BCUT2D eigenvalue weighted by atomic mass is 9.78. The SMILES string of the molecule is COc1ccc(C2(O)CCC(N3CCC(NC(=O)CNC(=O)c4cccc(C(F)(F)F)c4)C3)CC2)cn1.CS(=O)(=O)O.CS(=O)(=O)O. The molecule has 5 N–H and O–H groups in total. The highest BCUT2D eigenvalue weighted by molar-refractivity contribution is 7.85. The van der Waals surface area contributed by atoms with Crippen LogP contribution in [-0.4, -0.2) is 104 Å². The Morgan fingerprint density at radius 1 is 1.04 bits per heavy atom. The molecular weight excluding hydrogens is 673 g/mol. The fourth-order valence-corrected chi connectivity index (χ4v) is 5.13. The first-order valence-electron chi connectivity index (χ1n) is 14.1. The van der Waals surface area contributed by atoms with Crippen molar-refractivity contribution < 1.29 is 58.5 Å². The number of hydrogen-bond acceptors (Lipinski definition) is 10. The molecule has 4 rings (SSSR count). The summed E-state index contributed by atoms with van der Waals surface area (Å²) in [7, 11) is -5.79. The van der Waals surface area contributed by atoms with Crippen LogP contribution in [-0.2, 0) is 36.8 Å². The number of alkyl halides is 3. The molecule has 1 aliphatic heterocycles. The zero-order valence-corrected chi connectivity index (χ0v) is 27.5. The number of methoxy groups -OCH3 is 1. The zero-order valence-electron chi connectivity index (χ0n) is 25.9. The predicted molar refractivity (Wildman–Crippen MR) is 164 cm³/mol. The van der Waals surface area contributed by atoms with E-state index in [0.717, 1.165) is 49.6 Å². The number of likely N-dealkylation sites (tertiary alicyclic amines) is 1. The molecule has 264 valence electrons. The second-order valence-corrected chi connectivity index (χ2v) is 14.1. The van der Waals surface area contributed by atoms with Crippen LogP contribution in [0.5, 0.6) is 5.88 Å². The van der Waals surface area contributed by atoms with Crippen LogP contribution in [0.1, 0.15) is 53.6 Å². The number of aromatic nitrogens is 1. The summed E-state index contributed by atoms with van der Waals surface area (Å²) < 4.78 is 95.4. The summed E-state index contributed by atoms with van der Waals surface area (Å²) in [5, 5.41) is 16.4. The Kier molecular flexibility index (Phi) is 14.1. The van der Waals surface area contributed by atoms with Crippen LogP contribution in [0, 0.1) is 0 Å². The minimum atomic E-state index is -4.55. The second-order valence-electron chi connectivity index (χ2n) is 11.1. The van der Waals surface area contributed by atoms with Gasteiger partial charge in [-0.3, -0.25) is 23.6 Å². The highest BCUT2D eigenvalue weighted by atomic mass is 32.2. The number of benzene rings is 1. The molecule has 1 aromatic heterocycles. The van der Waals surface area contributed by atoms with Gasteiger partial charge in [0.1, 0.15) is 0 Å². The molecule has 1 aliphatic carbocycles. The van der Waals surface area contributed by atoms with Crippen molar-refractivity contribution in [3.05, 3.63) is 59.3 Å². The first-order valence-corrected chi connectivity index (χ1v) is 17.8. The molecule has 0 bridgehead atoms. The maximum absolute atomic E-state index is 12.9. The molecule has 2 amide bonds. The number of rotatable bonds is 7. The average molecular weight is 713 g/mol. The number of nitrogens with zero attached hydrogens (tertiary/aromatic N) is 2. The van der Waals surface area contributed by atoms with Gasteiger partial charge in [0.05, 0.1) is 37.3 Å². The van der Waals surface area contributed by atoms with E-state index in [2.05, 4.69) is 20.5 Å². The predicted octanol–water partition coefficient (Wildman–Crippen LogP) is 1.87. The van der Waals surface area contributed by atoms with E-state index in [4.69, 9.17) is 13.8 Å². The lowest BCUT2D eigenvalue weighted by Crippen LogP contribution is -2.45. The normalized spacial score (nSPS) is 21.7. The molecule has 0 radical (unpaired) electrons. The van der Waals surface area contributed by atoms with Crippen molar-refractivity contribution in [1.29, 1.82) is 0 Å². The second kappa shape index (κ2) is 16.6. The van der Waals surface area contributed by atoms with Crippen LogP contribution in [0.15, 0.2) is 42.6 Å². The van der Waals surface area contributed by atoms with E-state index in [9.17, 15) is 44.7 Å². The van der Waals surface area contributed by atoms with Crippen LogP contribution in [0.2, 0.25) is 0 Å². The van der Waals surface area contributed by atoms with E-state index in [1.807, 2.05) is 6.07 Å². The fraction of sp³-hybridized carbons (Fsp3) is 0.536. The molecule has 2 heterocycles. The quantitative estimate of drug-likeness (QED) is 0.261. The van der Waals surface area contributed by atoms with Crippen LogP contribution in [0.4, 0.5) is 13.2 Å². The Bertz CT molecular complexity index is 1520. The fourth-order valence-electron chi connectivity index (χ4n) is 5.13. The summed E-state index contributed by atoms with van der Waals surface area (Å²) in [5.41, 5.74) is -1.21. The molecule has 2 aromatic rings. The van der Waals surface area contributed by atoms with Crippen molar-refractivity contribution >= 4 is 32.1 Å². The Hall–Kier alpha value is -3.36. The van der Waals surface area contributed by atoms with Gasteiger partial charge in [0, 0.05) is 48.6 Å². The number of ether oxygens (including phenoxy) is 1. The standard InChI is InChI=1S/C26H31F3N4O4.2CH4O3S/c1-37-23-6-5-19(14-30-23)25(36)10-7-21(8-11-25)33-12-9-20(16-33)32-22(34)15-31-24(35)17-3-2-4-18(13-17)26(27,28)29;2*1-5(2,3)4/h2-6,13-14,20-21,36H,7-12,15-16H2,1H3,(H,31,35)(H,32,34);2*1H3,(H,2,3,4). The molecule has 1 atom stereocenters. The van der Waals surface area contributed by atoms with E-state index in [-0.39, 0.29) is 18.2 Å². The van der Waals surface area contributed by atoms with Gasteiger partial charge in [-0.1, -0.05) is 6.07 Å². The zero-order chi connectivity index (χ0) is 35.6. The average Bonchev–Trinajstić information content (AvgIpc) is 3.42. The number of halogens is 3. The van der Waals surface area contributed by atoms with Gasteiger partial charge in [-0.25, -0.2) is 4.98 Å². The molecule has 47 heavy (non-hydrogen) atoms. The smallest absolute Gasteiger partial charge is 0.416 e. The molecule has 1 aromatic carbocycles. The Balaban J connectivity index is 0.000000670. The molecular formula is C28H39F3N4O10S2. The van der Waals surface area contributed by atoms with E-state index >= 15 is 0 Å². The van der Waals surface area contributed by atoms with Crippen molar-refractivity contribution in [3.63, 3.8) is 0 Å². The summed E-state index contributed by atoms with van der Waals surface area (Å²) in [6, 6.07) is 7.89. The van der Waals surface area contributed by atoms with Crippen LogP contribution >= 0.6 is 0 Å². The van der Waals surface area contributed by atoms with Gasteiger partial charge < -0.3 is 20.5 Å². The van der Waals surface area contributed by atoms with Crippen LogP contribution in [0.3, 0.4) is 0 Å². The van der Waals surface area contributed by atoms with Crippen molar-refractivity contribution in [3.8, 4) is 5.88 Å². The van der Waals surface area contributed by atoms with E-state index in [1.165, 1.54) is 6.07 Å². The van der Waals surface area contributed by atoms with Crippen molar-refractivity contribution in [2.75, 3.05) is 39.3 Å². The van der Waals surface area contributed by atoms with Gasteiger partial charge in [-0.2, -0.15) is 30.0 Å². The van der Waals surface area contributed by atoms with E-state index < -0.39 is 49.4 Å². The monoisotopic (exact) mass is 712 g/mol. The Labute approximate surface area is 271 Å². The van der Waals surface area contributed by atoms with Gasteiger partial charge in [0.2, 0.25) is 11.8 Å². The molecule has 1 unspecified atom stereocenters. The molecule has 19 heteroatoms. The summed E-state index contributed by atoms with van der Waals surface area (Å²) in [6.07, 6.45) is 2.16. The molecule has 1 saturated carbocycles. The molecule has 1 saturated heterocycles. The highest BCUT2D eigenvalue weighted by Crippen LogP contribution is 2.39. The van der Waals surface area contributed by atoms with Gasteiger partial charge in [-0.15, -0.1) is 0 Å². The van der Waals surface area contributed by atoms with Crippen LogP contribution in [0.25, 0.3) is 0 Å². The summed E-state index contributed by atoms with van der Waals surface area (Å²) in [5.74, 6) is -0.630. The van der Waals surface area contributed by atoms with Gasteiger partial charge in [-0.05, 0) is 56.4 Å².